The number of carbonyl (C=O) groups excluding carboxylic acids is 1. The molecule has 0 aromatic rings. The SMILES string of the molecule is O=C1CO[C]C2CNCCN12. The van der Waals surface area contributed by atoms with E-state index in [4.69, 9.17) is 4.74 Å². The van der Waals surface area contributed by atoms with Crippen molar-refractivity contribution in [3.8, 4) is 0 Å². The Bertz CT molecular complexity index is 170. The molecule has 1 N–H and O–H groups in total. The van der Waals surface area contributed by atoms with Gasteiger partial charge in [-0.3, -0.25) is 4.79 Å². The van der Waals surface area contributed by atoms with Crippen molar-refractivity contribution < 1.29 is 9.53 Å². The Hall–Kier alpha value is -0.610. The van der Waals surface area contributed by atoms with Crippen LogP contribution in [0.2, 0.25) is 0 Å². The van der Waals surface area contributed by atoms with E-state index in [0.717, 1.165) is 19.6 Å². The summed E-state index contributed by atoms with van der Waals surface area (Å²) in [7, 11) is 0. The summed E-state index contributed by atoms with van der Waals surface area (Å²) >= 11 is 0. The number of nitrogens with one attached hydrogen (secondary N) is 1. The van der Waals surface area contributed by atoms with E-state index in [2.05, 4.69) is 11.9 Å². The van der Waals surface area contributed by atoms with Gasteiger partial charge in [0.05, 0.1) is 6.04 Å². The molecule has 2 saturated heterocycles. The fraction of sp³-hybridized carbons (Fsp3) is 0.714. The van der Waals surface area contributed by atoms with Gasteiger partial charge in [-0.15, -0.1) is 0 Å². The molecule has 2 heterocycles. The molecule has 4 heteroatoms. The lowest BCUT2D eigenvalue weighted by atomic mass is 10.2. The number of hydrogen-bond acceptors (Lipinski definition) is 3. The summed E-state index contributed by atoms with van der Waals surface area (Å²) in [6, 6.07) is 0.0324. The first-order chi connectivity index (χ1) is 5.38. The number of carbonyl (C=O) groups is 1. The zero-order valence-electron chi connectivity index (χ0n) is 6.17. The number of hydrogen-bond donors (Lipinski definition) is 1. The molecule has 1 unspecified atom stereocenters. The van der Waals surface area contributed by atoms with Crippen molar-refractivity contribution >= 4 is 5.91 Å². The first-order valence-electron chi connectivity index (χ1n) is 3.75. The second-order valence-corrected chi connectivity index (χ2v) is 2.71. The molecular weight excluding hydrogens is 144 g/mol. The third kappa shape index (κ3) is 1.23. The highest BCUT2D eigenvalue weighted by Crippen LogP contribution is 2.12. The minimum absolute atomic E-state index is 0.0324. The molecule has 2 aliphatic heterocycles. The Morgan fingerprint density at radius 2 is 2.64 bits per heavy atom. The largest absolute Gasteiger partial charge is 0.356 e. The lowest BCUT2D eigenvalue weighted by molar-refractivity contribution is -0.144. The van der Waals surface area contributed by atoms with Gasteiger partial charge in [0.2, 0.25) is 5.91 Å². The first-order valence-corrected chi connectivity index (χ1v) is 3.75. The monoisotopic (exact) mass is 154 g/mol. The molecule has 2 aliphatic rings. The molecular formula is C7H10N2O2. The second kappa shape index (κ2) is 2.79. The predicted octanol–water partition coefficient (Wildman–Crippen LogP) is -1.14. The molecule has 0 aromatic heterocycles. The van der Waals surface area contributed by atoms with Gasteiger partial charge in [0.15, 0.2) is 6.61 Å². The number of morpholine rings is 1. The van der Waals surface area contributed by atoms with Crippen molar-refractivity contribution in [1.82, 2.24) is 10.2 Å². The average Bonchev–Trinajstić information content (AvgIpc) is 2.06. The van der Waals surface area contributed by atoms with Crippen molar-refractivity contribution in [2.45, 2.75) is 6.04 Å². The van der Waals surface area contributed by atoms with E-state index in [1.54, 1.807) is 4.90 Å². The van der Waals surface area contributed by atoms with Crippen LogP contribution in [-0.2, 0) is 9.53 Å². The molecule has 0 spiro atoms. The van der Waals surface area contributed by atoms with Crippen LogP contribution in [0.5, 0.6) is 0 Å². The Balaban J connectivity index is 2.05. The van der Waals surface area contributed by atoms with E-state index < -0.39 is 0 Å². The number of ether oxygens (including phenoxy) is 1. The zero-order valence-corrected chi connectivity index (χ0v) is 6.17. The Morgan fingerprint density at radius 3 is 3.45 bits per heavy atom. The molecule has 60 valence electrons. The summed E-state index contributed by atoms with van der Waals surface area (Å²) in [5, 5.41) is 3.17. The van der Waals surface area contributed by atoms with Gasteiger partial charge in [-0.25, -0.2) is 0 Å². The van der Waals surface area contributed by atoms with E-state index in [9.17, 15) is 4.79 Å². The summed E-state index contributed by atoms with van der Waals surface area (Å²) < 4.78 is 4.87. The maximum atomic E-state index is 11.2. The van der Waals surface area contributed by atoms with Gasteiger partial charge in [0.1, 0.15) is 6.61 Å². The Morgan fingerprint density at radius 1 is 1.73 bits per heavy atom. The number of amides is 1. The fourth-order valence-electron chi connectivity index (χ4n) is 1.39. The van der Waals surface area contributed by atoms with Crippen LogP contribution in [-0.4, -0.2) is 43.1 Å². The number of rotatable bonds is 0. The van der Waals surface area contributed by atoms with E-state index in [1.165, 1.54) is 0 Å². The van der Waals surface area contributed by atoms with E-state index in [1.807, 2.05) is 0 Å². The maximum absolute atomic E-state index is 11.2. The smallest absolute Gasteiger partial charge is 0.249 e. The van der Waals surface area contributed by atoms with Gasteiger partial charge in [0, 0.05) is 19.6 Å². The summed E-state index contributed by atoms with van der Waals surface area (Å²) in [5.41, 5.74) is 0. The van der Waals surface area contributed by atoms with Crippen LogP contribution in [0.1, 0.15) is 0 Å². The van der Waals surface area contributed by atoms with Crippen molar-refractivity contribution in [1.29, 1.82) is 0 Å². The van der Waals surface area contributed by atoms with E-state index in [0.29, 0.717) is 0 Å². The van der Waals surface area contributed by atoms with Crippen LogP contribution < -0.4 is 5.32 Å². The zero-order chi connectivity index (χ0) is 7.68. The van der Waals surface area contributed by atoms with Gasteiger partial charge in [-0.05, 0) is 0 Å². The van der Waals surface area contributed by atoms with Crippen LogP contribution in [0, 0.1) is 6.61 Å². The second-order valence-electron chi connectivity index (χ2n) is 2.71. The first kappa shape index (κ1) is 7.06. The molecule has 11 heavy (non-hydrogen) atoms. The van der Waals surface area contributed by atoms with Crippen molar-refractivity contribution in [3.63, 3.8) is 0 Å². The van der Waals surface area contributed by atoms with Crippen molar-refractivity contribution in [3.05, 3.63) is 6.61 Å². The highest BCUT2D eigenvalue weighted by Gasteiger charge is 2.31. The third-order valence-corrected chi connectivity index (χ3v) is 1.98. The van der Waals surface area contributed by atoms with Crippen LogP contribution in [0.3, 0.4) is 0 Å². The fourth-order valence-corrected chi connectivity index (χ4v) is 1.39. The molecule has 0 aromatic carbocycles. The van der Waals surface area contributed by atoms with Gasteiger partial charge < -0.3 is 15.0 Å². The molecule has 1 amide bonds. The highest BCUT2D eigenvalue weighted by atomic mass is 16.5. The van der Waals surface area contributed by atoms with Gasteiger partial charge >= 0.3 is 0 Å². The Labute approximate surface area is 65.5 Å². The predicted molar refractivity (Wildman–Crippen MR) is 37.6 cm³/mol. The number of piperazine rings is 1. The molecule has 1 atom stereocenters. The average molecular weight is 154 g/mol. The molecule has 2 rings (SSSR count). The lowest BCUT2D eigenvalue weighted by Gasteiger charge is -2.38. The van der Waals surface area contributed by atoms with Gasteiger partial charge in [-0.1, -0.05) is 0 Å². The topological polar surface area (TPSA) is 41.6 Å². The normalized spacial score (nSPS) is 31.8. The van der Waals surface area contributed by atoms with Crippen LogP contribution in [0.4, 0.5) is 0 Å². The minimum atomic E-state index is 0.0324. The van der Waals surface area contributed by atoms with Crippen LogP contribution >= 0.6 is 0 Å². The van der Waals surface area contributed by atoms with Crippen molar-refractivity contribution in [2.75, 3.05) is 26.2 Å². The summed E-state index contributed by atoms with van der Waals surface area (Å²) in [5.74, 6) is 0.0789. The summed E-state index contributed by atoms with van der Waals surface area (Å²) in [6.45, 7) is 5.38. The van der Waals surface area contributed by atoms with Gasteiger partial charge in [0.25, 0.3) is 0 Å². The molecule has 0 bridgehead atoms. The number of nitrogens with zero attached hydrogens (tertiary/aromatic N) is 1. The molecule has 0 aliphatic carbocycles. The highest BCUT2D eigenvalue weighted by molar-refractivity contribution is 5.78. The number of fused-ring (bicyclic) bond motifs is 1. The quantitative estimate of drug-likeness (QED) is 0.479. The standard InChI is InChI=1S/C7H10N2O2/c10-7-5-11-4-6-3-8-1-2-9(6)7/h6,8H,1-3,5H2. The van der Waals surface area contributed by atoms with E-state index >= 15 is 0 Å². The summed E-state index contributed by atoms with van der Waals surface area (Å²) in [4.78, 5) is 13.0. The van der Waals surface area contributed by atoms with E-state index in [-0.39, 0.29) is 18.6 Å². The molecule has 2 radical (unpaired) electrons. The van der Waals surface area contributed by atoms with Crippen LogP contribution in [0.15, 0.2) is 0 Å². The summed E-state index contributed by atoms with van der Waals surface area (Å²) in [6.07, 6.45) is 0. The van der Waals surface area contributed by atoms with Gasteiger partial charge in [-0.2, -0.15) is 0 Å². The lowest BCUT2D eigenvalue weighted by Crippen LogP contribution is -2.57. The van der Waals surface area contributed by atoms with Crippen molar-refractivity contribution in [2.24, 2.45) is 0 Å². The van der Waals surface area contributed by atoms with Crippen LogP contribution in [0.25, 0.3) is 0 Å². The third-order valence-electron chi connectivity index (χ3n) is 1.98. The maximum Gasteiger partial charge on any atom is 0.249 e. The molecule has 2 fully saturated rings. The Kier molecular flexibility index (Phi) is 1.79. The molecule has 0 saturated carbocycles. The minimum Gasteiger partial charge on any atom is -0.356 e. The molecule has 4 nitrogen and oxygen atoms in total.